The molecule has 3 rings (SSSR count). The average Bonchev–Trinajstić information content (AvgIpc) is 2.48. The molecule has 106 valence electrons. The van der Waals surface area contributed by atoms with Gasteiger partial charge in [-0.1, -0.05) is 18.2 Å². The molecule has 5 heteroatoms. The van der Waals surface area contributed by atoms with E-state index in [9.17, 15) is 9.59 Å². The van der Waals surface area contributed by atoms with E-state index in [4.69, 9.17) is 5.73 Å². The minimum atomic E-state index is -0.220. The van der Waals surface area contributed by atoms with Gasteiger partial charge in [0.15, 0.2) is 0 Å². The molecule has 0 saturated carbocycles. The normalized spacial score (nSPS) is 13.6. The van der Waals surface area contributed by atoms with Crippen molar-refractivity contribution in [3.63, 3.8) is 0 Å². The van der Waals surface area contributed by atoms with Crippen molar-refractivity contribution in [3.8, 4) is 0 Å². The van der Waals surface area contributed by atoms with Crippen molar-refractivity contribution in [1.29, 1.82) is 0 Å². The van der Waals surface area contributed by atoms with E-state index in [1.165, 1.54) is 4.90 Å². The SMILES string of the molecule is Cc1ccc(N)cc1C(=O)N1CC(=O)Nc2ccccc21. The topological polar surface area (TPSA) is 75.4 Å². The summed E-state index contributed by atoms with van der Waals surface area (Å²) in [5, 5.41) is 2.76. The van der Waals surface area contributed by atoms with Crippen LogP contribution in [0.2, 0.25) is 0 Å². The third-order valence-electron chi connectivity index (χ3n) is 3.51. The van der Waals surface area contributed by atoms with E-state index in [0.29, 0.717) is 22.6 Å². The number of hydrogen-bond acceptors (Lipinski definition) is 3. The Hall–Kier alpha value is -2.82. The van der Waals surface area contributed by atoms with Gasteiger partial charge in [0.1, 0.15) is 6.54 Å². The zero-order valence-corrected chi connectivity index (χ0v) is 11.6. The number of carbonyl (C=O) groups is 2. The summed E-state index contributed by atoms with van der Waals surface area (Å²) in [6.07, 6.45) is 0. The van der Waals surface area contributed by atoms with Gasteiger partial charge in [0.05, 0.1) is 11.4 Å². The second-order valence-electron chi connectivity index (χ2n) is 5.03. The standard InChI is InChI=1S/C16H15N3O2/c1-10-6-7-11(17)8-12(10)16(21)19-9-15(20)18-13-4-2-3-5-14(13)19/h2-8H,9,17H2,1H3,(H,18,20). The molecule has 1 heterocycles. The van der Waals surface area contributed by atoms with Crippen LogP contribution in [0.3, 0.4) is 0 Å². The Bertz CT molecular complexity index is 740. The number of nitrogens with zero attached hydrogens (tertiary/aromatic N) is 1. The molecule has 0 saturated heterocycles. The van der Waals surface area contributed by atoms with Gasteiger partial charge in [-0.25, -0.2) is 0 Å². The molecule has 0 unspecified atom stereocenters. The summed E-state index contributed by atoms with van der Waals surface area (Å²) in [6.45, 7) is 1.85. The van der Waals surface area contributed by atoms with Crippen molar-refractivity contribution in [2.24, 2.45) is 0 Å². The Kier molecular flexibility index (Phi) is 3.10. The molecule has 2 aromatic carbocycles. The van der Waals surface area contributed by atoms with E-state index >= 15 is 0 Å². The molecule has 3 N–H and O–H groups in total. The number of nitrogen functional groups attached to an aromatic ring is 1. The van der Waals surface area contributed by atoms with Gasteiger partial charge in [-0.05, 0) is 36.8 Å². The van der Waals surface area contributed by atoms with Gasteiger partial charge in [-0.15, -0.1) is 0 Å². The molecule has 0 spiro atoms. The second kappa shape index (κ2) is 4.94. The molecular formula is C16H15N3O2. The fraction of sp³-hybridized carbons (Fsp3) is 0.125. The van der Waals surface area contributed by atoms with Crippen molar-refractivity contribution < 1.29 is 9.59 Å². The van der Waals surface area contributed by atoms with Crippen molar-refractivity contribution in [2.75, 3.05) is 22.5 Å². The third-order valence-corrected chi connectivity index (χ3v) is 3.51. The Morgan fingerprint density at radius 3 is 2.81 bits per heavy atom. The number of nitrogens with one attached hydrogen (secondary N) is 1. The quantitative estimate of drug-likeness (QED) is 0.787. The molecule has 0 aromatic heterocycles. The van der Waals surface area contributed by atoms with Crippen LogP contribution in [0.25, 0.3) is 0 Å². The molecule has 5 nitrogen and oxygen atoms in total. The van der Waals surface area contributed by atoms with Gasteiger partial charge in [0.2, 0.25) is 5.91 Å². The number of hydrogen-bond donors (Lipinski definition) is 2. The lowest BCUT2D eigenvalue weighted by atomic mass is 10.1. The van der Waals surface area contributed by atoms with Crippen LogP contribution in [0.4, 0.5) is 17.1 Å². The first-order valence-corrected chi connectivity index (χ1v) is 6.63. The molecule has 0 fully saturated rings. The molecule has 0 aliphatic carbocycles. The van der Waals surface area contributed by atoms with Crippen LogP contribution in [0, 0.1) is 6.92 Å². The Morgan fingerprint density at radius 1 is 1.24 bits per heavy atom. The summed E-state index contributed by atoms with van der Waals surface area (Å²) in [6, 6.07) is 12.4. The zero-order valence-electron chi connectivity index (χ0n) is 11.6. The third kappa shape index (κ3) is 2.33. The number of anilines is 3. The van der Waals surface area contributed by atoms with Gasteiger partial charge < -0.3 is 11.1 Å². The van der Waals surface area contributed by atoms with E-state index in [2.05, 4.69) is 5.32 Å². The Morgan fingerprint density at radius 2 is 2.00 bits per heavy atom. The number of aryl methyl sites for hydroxylation is 1. The first-order valence-electron chi connectivity index (χ1n) is 6.63. The lowest BCUT2D eigenvalue weighted by molar-refractivity contribution is -0.115. The maximum atomic E-state index is 12.8. The number of rotatable bonds is 1. The van der Waals surface area contributed by atoms with Gasteiger partial charge in [-0.2, -0.15) is 0 Å². The molecule has 2 aromatic rings. The molecule has 0 radical (unpaired) electrons. The van der Waals surface area contributed by atoms with Crippen molar-refractivity contribution in [3.05, 3.63) is 53.6 Å². The first kappa shape index (κ1) is 13.2. The van der Waals surface area contributed by atoms with Crippen LogP contribution in [0.1, 0.15) is 15.9 Å². The molecule has 21 heavy (non-hydrogen) atoms. The molecular weight excluding hydrogens is 266 g/mol. The highest BCUT2D eigenvalue weighted by Crippen LogP contribution is 2.30. The smallest absolute Gasteiger partial charge is 0.259 e. The van der Waals surface area contributed by atoms with Crippen LogP contribution >= 0.6 is 0 Å². The summed E-state index contributed by atoms with van der Waals surface area (Å²) < 4.78 is 0. The number of para-hydroxylation sites is 2. The predicted octanol–water partition coefficient (Wildman–Crippen LogP) is 2.18. The van der Waals surface area contributed by atoms with Crippen LogP contribution in [-0.2, 0) is 4.79 Å². The second-order valence-corrected chi connectivity index (χ2v) is 5.03. The molecule has 1 aliphatic rings. The summed E-state index contributed by atoms with van der Waals surface area (Å²) in [5.74, 6) is -0.425. The lowest BCUT2D eigenvalue weighted by Gasteiger charge is -2.29. The number of nitrogens with two attached hydrogens (primary N) is 1. The van der Waals surface area contributed by atoms with Gasteiger partial charge >= 0.3 is 0 Å². The van der Waals surface area contributed by atoms with E-state index in [0.717, 1.165) is 5.56 Å². The highest BCUT2D eigenvalue weighted by molar-refractivity contribution is 6.15. The Balaban J connectivity index is 2.06. The zero-order chi connectivity index (χ0) is 15.0. The summed E-state index contributed by atoms with van der Waals surface area (Å²) in [7, 11) is 0. The van der Waals surface area contributed by atoms with Crippen LogP contribution in [0.5, 0.6) is 0 Å². The number of amides is 2. The van der Waals surface area contributed by atoms with E-state index in [-0.39, 0.29) is 18.4 Å². The van der Waals surface area contributed by atoms with Crippen molar-refractivity contribution in [2.45, 2.75) is 6.92 Å². The molecule has 0 bridgehead atoms. The summed E-state index contributed by atoms with van der Waals surface area (Å²) in [4.78, 5) is 26.0. The van der Waals surface area contributed by atoms with Crippen molar-refractivity contribution >= 4 is 28.9 Å². The largest absolute Gasteiger partial charge is 0.399 e. The highest BCUT2D eigenvalue weighted by atomic mass is 16.2. The average molecular weight is 281 g/mol. The number of benzene rings is 2. The van der Waals surface area contributed by atoms with E-state index in [1.54, 1.807) is 24.3 Å². The number of fused-ring (bicyclic) bond motifs is 1. The lowest BCUT2D eigenvalue weighted by Crippen LogP contribution is -2.42. The van der Waals surface area contributed by atoms with E-state index < -0.39 is 0 Å². The molecule has 1 aliphatic heterocycles. The van der Waals surface area contributed by atoms with Gasteiger partial charge in [0, 0.05) is 11.3 Å². The molecule has 2 amide bonds. The van der Waals surface area contributed by atoms with E-state index in [1.807, 2.05) is 25.1 Å². The monoisotopic (exact) mass is 281 g/mol. The van der Waals surface area contributed by atoms with Crippen molar-refractivity contribution in [1.82, 2.24) is 0 Å². The maximum absolute atomic E-state index is 12.8. The first-order chi connectivity index (χ1) is 10.1. The van der Waals surface area contributed by atoms with Crippen LogP contribution < -0.4 is 16.0 Å². The van der Waals surface area contributed by atoms with Gasteiger partial charge in [0.25, 0.3) is 5.91 Å². The fourth-order valence-electron chi connectivity index (χ4n) is 2.43. The Labute approximate surface area is 122 Å². The maximum Gasteiger partial charge on any atom is 0.259 e. The molecule has 0 atom stereocenters. The highest BCUT2D eigenvalue weighted by Gasteiger charge is 2.28. The minimum absolute atomic E-state index is 0.00405. The minimum Gasteiger partial charge on any atom is -0.399 e. The fourth-order valence-corrected chi connectivity index (χ4v) is 2.43. The number of carbonyl (C=O) groups excluding carboxylic acids is 2. The van der Waals surface area contributed by atoms with Crippen LogP contribution in [-0.4, -0.2) is 18.4 Å². The van der Waals surface area contributed by atoms with Gasteiger partial charge in [-0.3, -0.25) is 14.5 Å². The summed E-state index contributed by atoms with van der Waals surface area (Å²) in [5.41, 5.74) is 8.98. The predicted molar refractivity (Wildman–Crippen MR) is 82.3 cm³/mol. The summed E-state index contributed by atoms with van der Waals surface area (Å²) >= 11 is 0. The van der Waals surface area contributed by atoms with Crippen LogP contribution in [0.15, 0.2) is 42.5 Å².